The molecule has 0 radical (unpaired) electrons. The predicted octanol–water partition coefficient (Wildman–Crippen LogP) is 1.72. The van der Waals surface area contributed by atoms with Gasteiger partial charge in [-0.2, -0.15) is 0 Å². The van der Waals surface area contributed by atoms with Gasteiger partial charge in [0, 0.05) is 23.7 Å². The summed E-state index contributed by atoms with van der Waals surface area (Å²) >= 11 is 0. The molecule has 0 bridgehead atoms. The minimum Gasteiger partial charge on any atom is -0.398 e. The highest BCUT2D eigenvalue weighted by molar-refractivity contribution is 5.95. The van der Waals surface area contributed by atoms with E-state index in [0.717, 1.165) is 5.56 Å². The average molecular weight is 216 g/mol. The number of hydrogen-bond acceptors (Lipinski definition) is 2. The molecule has 1 aromatic carbocycles. The van der Waals surface area contributed by atoms with Gasteiger partial charge in [-0.1, -0.05) is 6.07 Å². The van der Waals surface area contributed by atoms with E-state index in [0.29, 0.717) is 17.7 Å². The number of nitrogen functional groups attached to an aromatic ring is 1. The summed E-state index contributed by atoms with van der Waals surface area (Å²) in [6.07, 6.45) is 5.69. The molecule has 0 aliphatic carbocycles. The van der Waals surface area contributed by atoms with Gasteiger partial charge in [0.05, 0.1) is 0 Å². The Morgan fingerprint density at radius 3 is 2.88 bits per heavy atom. The monoisotopic (exact) mass is 216 g/mol. The Morgan fingerprint density at radius 1 is 1.62 bits per heavy atom. The summed E-state index contributed by atoms with van der Waals surface area (Å²) in [4.78, 5) is 11.8. The molecule has 1 rings (SSSR count). The second kappa shape index (κ2) is 5.22. The van der Waals surface area contributed by atoms with Crippen LogP contribution in [-0.2, 0) is 0 Å². The minimum absolute atomic E-state index is 0.0278. The van der Waals surface area contributed by atoms with Crippen LogP contribution < -0.4 is 11.1 Å². The molecule has 3 nitrogen and oxygen atoms in total. The summed E-state index contributed by atoms with van der Waals surface area (Å²) in [5, 5.41) is 2.81. The number of benzene rings is 1. The lowest BCUT2D eigenvalue weighted by Crippen LogP contribution is -2.32. The Kier molecular flexibility index (Phi) is 3.96. The van der Waals surface area contributed by atoms with Gasteiger partial charge in [0.15, 0.2) is 0 Å². The predicted molar refractivity (Wildman–Crippen MR) is 66.0 cm³/mol. The molecule has 0 aliphatic rings. The van der Waals surface area contributed by atoms with E-state index in [-0.39, 0.29) is 11.9 Å². The highest BCUT2D eigenvalue weighted by Gasteiger charge is 2.09. The Morgan fingerprint density at radius 2 is 2.31 bits per heavy atom. The molecule has 1 atom stereocenters. The highest BCUT2D eigenvalue weighted by Crippen LogP contribution is 2.12. The van der Waals surface area contributed by atoms with Crippen LogP contribution in [0.1, 0.15) is 29.3 Å². The maximum Gasteiger partial charge on any atom is 0.251 e. The zero-order valence-electron chi connectivity index (χ0n) is 9.58. The molecule has 3 N–H and O–H groups in total. The largest absolute Gasteiger partial charge is 0.398 e. The van der Waals surface area contributed by atoms with Gasteiger partial charge in [-0.15, -0.1) is 12.3 Å². The molecule has 1 aromatic rings. The van der Waals surface area contributed by atoms with Crippen molar-refractivity contribution in [3.8, 4) is 12.3 Å². The Hall–Kier alpha value is -1.95. The number of amides is 1. The van der Waals surface area contributed by atoms with Crippen LogP contribution in [0.15, 0.2) is 18.2 Å². The molecule has 0 aliphatic heterocycles. The van der Waals surface area contributed by atoms with Crippen molar-refractivity contribution in [2.24, 2.45) is 0 Å². The molecule has 84 valence electrons. The van der Waals surface area contributed by atoms with Gasteiger partial charge < -0.3 is 11.1 Å². The van der Waals surface area contributed by atoms with Crippen LogP contribution in [-0.4, -0.2) is 11.9 Å². The van der Waals surface area contributed by atoms with Gasteiger partial charge >= 0.3 is 0 Å². The second-order valence-electron chi connectivity index (χ2n) is 3.85. The van der Waals surface area contributed by atoms with Crippen LogP contribution in [0.4, 0.5) is 5.69 Å². The number of carbonyl (C=O) groups excluding carboxylic acids is 1. The molecular weight excluding hydrogens is 200 g/mol. The summed E-state index contributed by atoms with van der Waals surface area (Å²) in [7, 11) is 0. The molecule has 1 unspecified atom stereocenters. The maximum atomic E-state index is 11.8. The lowest BCUT2D eigenvalue weighted by atomic mass is 10.1. The maximum absolute atomic E-state index is 11.8. The Labute approximate surface area is 96.0 Å². The topological polar surface area (TPSA) is 55.1 Å². The average Bonchev–Trinajstić information content (AvgIpc) is 2.22. The van der Waals surface area contributed by atoms with Crippen molar-refractivity contribution < 1.29 is 4.79 Å². The second-order valence-corrected chi connectivity index (χ2v) is 3.85. The van der Waals surface area contributed by atoms with Crippen LogP contribution in [0, 0.1) is 19.3 Å². The zero-order valence-corrected chi connectivity index (χ0v) is 9.58. The van der Waals surface area contributed by atoms with E-state index < -0.39 is 0 Å². The minimum atomic E-state index is -0.144. The molecule has 0 spiro atoms. The third-order valence-corrected chi connectivity index (χ3v) is 2.34. The molecule has 0 saturated heterocycles. The summed E-state index contributed by atoms with van der Waals surface area (Å²) in [5.41, 5.74) is 7.89. The van der Waals surface area contributed by atoms with E-state index in [2.05, 4.69) is 11.2 Å². The van der Waals surface area contributed by atoms with Crippen molar-refractivity contribution in [3.63, 3.8) is 0 Å². The summed E-state index contributed by atoms with van der Waals surface area (Å²) in [5.74, 6) is 2.36. The van der Waals surface area contributed by atoms with E-state index in [9.17, 15) is 4.79 Å². The Bertz CT molecular complexity index is 432. The Balaban J connectivity index is 2.74. The first-order valence-electron chi connectivity index (χ1n) is 5.15. The van der Waals surface area contributed by atoms with Crippen molar-refractivity contribution in [1.29, 1.82) is 0 Å². The molecule has 3 heteroatoms. The number of terminal acetylenes is 1. The van der Waals surface area contributed by atoms with E-state index >= 15 is 0 Å². The van der Waals surface area contributed by atoms with Crippen molar-refractivity contribution in [3.05, 3.63) is 29.3 Å². The molecule has 0 heterocycles. The van der Waals surface area contributed by atoms with E-state index in [1.54, 1.807) is 12.1 Å². The number of carbonyl (C=O) groups is 1. The fraction of sp³-hybridized carbons (Fsp3) is 0.308. The number of anilines is 1. The molecule has 16 heavy (non-hydrogen) atoms. The van der Waals surface area contributed by atoms with E-state index in [1.165, 1.54) is 0 Å². The van der Waals surface area contributed by atoms with Crippen molar-refractivity contribution in [1.82, 2.24) is 5.32 Å². The molecule has 0 aromatic heterocycles. The number of nitrogens with two attached hydrogens (primary N) is 1. The van der Waals surface area contributed by atoms with Crippen LogP contribution in [0.25, 0.3) is 0 Å². The number of rotatable bonds is 3. The van der Waals surface area contributed by atoms with Crippen LogP contribution in [0.5, 0.6) is 0 Å². The first kappa shape index (κ1) is 12.1. The highest BCUT2D eigenvalue weighted by atomic mass is 16.1. The van der Waals surface area contributed by atoms with E-state index in [1.807, 2.05) is 19.9 Å². The summed E-state index contributed by atoms with van der Waals surface area (Å²) in [6.45, 7) is 3.77. The first-order chi connectivity index (χ1) is 7.54. The van der Waals surface area contributed by atoms with Gasteiger partial charge in [0.1, 0.15) is 0 Å². The lowest BCUT2D eigenvalue weighted by molar-refractivity contribution is 0.0941. The van der Waals surface area contributed by atoms with E-state index in [4.69, 9.17) is 12.2 Å². The van der Waals surface area contributed by atoms with Gasteiger partial charge in [-0.25, -0.2) is 0 Å². The fourth-order valence-electron chi connectivity index (χ4n) is 1.32. The lowest BCUT2D eigenvalue weighted by Gasteiger charge is -2.11. The molecule has 1 amide bonds. The zero-order chi connectivity index (χ0) is 12.1. The normalized spacial score (nSPS) is 11.6. The van der Waals surface area contributed by atoms with Crippen LogP contribution >= 0.6 is 0 Å². The number of aryl methyl sites for hydroxylation is 1. The van der Waals surface area contributed by atoms with Gasteiger partial charge in [0.2, 0.25) is 0 Å². The number of nitrogens with one attached hydrogen (secondary N) is 1. The third kappa shape index (κ3) is 3.03. The fourth-order valence-corrected chi connectivity index (χ4v) is 1.32. The van der Waals surface area contributed by atoms with Gasteiger partial charge in [-0.05, 0) is 31.5 Å². The quantitative estimate of drug-likeness (QED) is 0.597. The number of hydrogen-bond donors (Lipinski definition) is 2. The molecule has 0 fully saturated rings. The van der Waals surface area contributed by atoms with Gasteiger partial charge in [-0.3, -0.25) is 4.79 Å². The third-order valence-electron chi connectivity index (χ3n) is 2.34. The molecular formula is C13H16N2O. The standard InChI is InChI=1S/C13H16N2O/c1-4-5-10(3)15-13(16)11-7-6-9(2)12(14)8-11/h1,6-8,10H,5,14H2,2-3H3,(H,15,16). The van der Waals surface area contributed by atoms with Crippen molar-refractivity contribution in [2.45, 2.75) is 26.3 Å². The molecule has 0 saturated carbocycles. The SMILES string of the molecule is C#CCC(C)NC(=O)c1ccc(C)c(N)c1. The first-order valence-corrected chi connectivity index (χ1v) is 5.15. The summed E-state index contributed by atoms with van der Waals surface area (Å²) in [6, 6.07) is 5.23. The van der Waals surface area contributed by atoms with Crippen LogP contribution in [0.3, 0.4) is 0 Å². The van der Waals surface area contributed by atoms with Crippen molar-refractivity contribution >= 4 is 11.6 Å². The van der Waals surface area contributed by atoms with Crippen LogP contribution in [0.2, 0.25) is 0 Å². The smallest absolute Gasteiger partial charge is 0.251 e. The summed E-state index contributed by atoms with van der Waals surface area (Å²) < 4.78 is 0. The van der Waals surface area contributed by atoms with Gasteiger partial charge in [0.25, 0.3) is 5.91 Å². The van der Waals surface area contributed by atoms with Crippen molar-refractivity contribution in [2.75, 3.05) is 5.73 Å².